The number of hydrogen-bond donors (Lipinski definition) is 0. The average Bonchev–Trinajstić information content (AvgIpc) is 2.28. The number of rotatable bonds is 6. The first-order valence-corrected chi connectivity index (χ1v) is 5.73. The Morgan fingerprint density at radius 3 is 2.82 bits per heavy atom. The smallest absolute Gasteiger partial charge is 0.344 e. The van der Waals surface area contributed by atoms with Crippen LogP contribution in [0.2, 0.25) is 10.0 Å². The molecule has 1 rings (SSSR count). The molecular formula is C12H12Cl2O3. The third kappa shape index (κ3) is 5.11. The molecule has 0 amide bonds. The van der Waals surface area contributed by atoms with Crippen LogP contribution in [0.15, 0.2) is 30.9 Å². The van der Waals surface area contributed by atoms with Gasteiger partial charge in [-0.05, 0) is 24.6 Å². The van der Waals surface area contributed by atoms with Crippen molar-refractivity contribution in [3.05, 3.63) is 40.9 Å². The van der Waals surface area contributed by atoms with Gasteiger partial charge in [0.2, 0.25) is 0 Å². The second-order valence-corrected chi connectivity index (χ2v) is 4.00. The van der Waals surface area contributed by atoms with E-state index < -0.39 is 5.97 Å². The molecule has 0 saturated carbocycles. The normalized spacial score (nSPS) is 9.76. The van der Waals surface area contributed by atoms with Gasteiger partial charge in [-0.1, -0.05) is 29.3 Å². The molecule has 0 unspecified atom stereocenters. The van der Waals surface area contributed by atoms with Crippen LogP contribution in [0.5, 0.6) is 5.75 Å². The lowest BCUT2D eigenvalue weighted by Gasteiger charge is -2.07. The molecule has 0 fully saturated rings. The van der Waals surface area contributed by atoms with E-state index in [1.165, 1.54) is 0 Å². The lowest BCUT2D eigenvalue weighted by atomic mass is 10.3. The first-order chi connectivity index (χ1) is 8.13. The zero-order chi connectivity index (χ0) is 12.7. The Labute approximate surface area is 110 Å². The van der Waals surface area contributed by atoms with Crippen molar-refractivity contribution in [3.8, 4) is 5.75 Å². The number of carbonyl (C=O) groups excluding carboxylic acids is 1. The maximum atomic E-state index is 11.2. The van der Waals surface area contributed by atoms with Gasteiger partial charge in [0, 0.05) is 5.02 Å². The van der Waals surface area contributed by atoms with Crippen LogP contribution in [0.25, 0.3) is 0 Å². The highest BCUT2D eigenvalue weighted by atomic mass is 35.5. The van der Waals surface area contributed by atoms with E-state index in [9.17, 15) is 4.79 Å². The second-order valence-electron chi connectivity index (χ2n) is 3.16. The molecule has 0 aliphatic heterocycles. The Morgan fingerprint density at radius 1 is 1.41 bits per heavy atom. The Hall–Kier alpha value is -1.19. The van der Waals surface area contributed by atoms with Crippen LogP contribution in [0.1, 0.15) is 6.42 Å². The van der Waals surface area contributed by atoms with E-state index in [1.54, 1.807) is 24.3 Å². The van der Waals surface area contributed by atoms with Crippen molar-refractivity contribution in [2.24, 2.45) is 0 Å². The molecule has 0 saturated heterocycles. The Bertz CT molecular complexity index is 405. The fourth-order valence-corrected chi connectivity index (χ4v) is 1.49. The molecule has 0 heterocycles. The second kappa shape index (κ2) is 7.20. The molecule has 1 aromatic carbocycles. The molecule has 0 spiro atoms. The number of carbonyl (C=O) groups is 1. The van der Waals surface area contributed by atoms with Crippen LogP contribution in [0.4, 0.5) is 0 Å². The van der Waals surface area contributed by atoms with Gasteiger partial charge in [0.1, 0.15) is 5.75 Å². The summed E-state index contributed by atoms with van der Waals surface area (Å²) in [6, 6.07) is 4.77. The largest absolute Gasteiger partial charge is 0.480 e. The van der Waals surface area contributed by atoms with Crippen LogP contribution < -0.4 is 4.74 Å². The molecule has 0 aliphatic carbocycles. The van der Waals surface area contributed by atoms with E-state index in [2.05, 4.69) is 6.58 Å². The maximum Gasteiger partial charge on any atom is 0.344 e. The van der Waals surface area contributed by atoms with Crippen molar-refractivity contribution in [1.82, 2.24) is 0 Å². The van der Waals surface area contributed by atoms with Gasteiger partial charge in [0.25, 0.3) is 0 Å². The fourth-order valence-electron chi connectivity index (χ4n) is 1.03. The third-order valence-electron chi connectivity index (χ3n) is 1.82. The van der Waals surface area contributed by atoms with Crippen molar-refractivity contribution in [2.75, 3.05) is 13.2 Å². The van der Waals surface area contributed by atoms with E-state index in [0.29, 0.717) is 28.8 Å². The third-order valence-corrected chi connectivity index (χ3v) is 2.35. The van der Waals surface area contributed by atoms with Gasteiger partial charge in [-0.3, -0.25) is 0 Å². The summed E-state index contributed by atoms with van der Waals surface area (Å²) in [4.78, 5) is 11.2. The zero-order valence-corrected chi connectivity index (χ0v) is 10.6. The van der Waals surface area contributed by atoms with Crippen molar-refractivity contribution in [1.29, 1.82) is 0 Å². The van der Waals surface area contributed by atoms with Gasteiger partial charge in [0.05, 0.1) is 11.6 Å². The van der Waals surface area contributed by atoms with Crippen LogP contribution in [-0.4, -0.2) is 19.2 Å². The number of benzene rings is 1. The van der Waals surface area contributed by atoms with Gasteiger partial charge in [-0.25, -0.2) is 4.79 Å². The predicted molar refractivity (Wildman–Crippen MR) is 67.7 cm³/mol. The summed E-state index contributed by atoms with van der Waals surface area (Å²) in [6.45, 7) is 3.64. The van der Waals surface area contributed by atoms with Crippen LogP contribution >= 0.6 is 23.2 Å². The fraction of sp³-hybridized carbons (Fsp3) is 0.250. The maximum absolute atomic E-state index is 11.2. The van der Waals surface area contributed by atoms with Crippen molar-refractivity contribution < 1.29 is 14.3 Å². The first-order valence-electron chi connectivity index (χ1n) is 4.98. The Balaban J connectivity index is 2.39. The molecule has 0 bridgehead atoms. The highest BCUT2D eigenvalue weighted by molar-refractivity contribution is 6.35. The lowest BCUT2D eigenvalue weighted by Crippen LogP contribution is -2.15. The van der Waals surface area contributed by atoms with Gasteiger partial charge in [-0.2, -0.15) is 0 Å². The summed E-state index contributed by atoms with van der Waals surface area (Å²) in [5.74, 6) is -0.0467. The summed E-state index contributed by atoms with van der Waals surface area (Å²) < 4.78 is 10.1. The molecule has 0 N–H and O–H groups in total. The van der Waals surface area contributed by atoms with Crippen molar-refractivity contribution in [3.63, 3.8) is 0 Å². The van der Waals surface area contributed by atoms with Crippen molar-refractivity contribution in [2.45, 2.75) is 6.42 Å². The quantitative estimate of drug-likeness (QED) is 0.453. The summed E-state index contributed by atoms with van der Waals surface area (Å²) in [5, 5.41) is 0.868. The monoisotopic (exact) mass is 274 g/mol. The Kier molecular flexibility index (Phi) is 5.87. The van der Waals surface area contributed by atoms with E-state index in [4.69, 9.17) is 32.7 Å². The van der Waals surface area contributed by atoms with Crippen LogP contribution in [0.3, 0.4) is 0 Å². The predicted octanol–water partition coefficient (Wildman–Crippen LogP) is 3.49. The van der Waals surface area contributed by atoms with E-state index in [-0.39, 0.29) is 6.61 Å². The number of esters is 1. The summed E-state index contributed by atoms with van der Waals surface area (Å²) >= 11 is 11.6. The minimum atomic E-state index is -0.446. The summed E-state index contributed by atoms with van der Waals surface area (Å²) in [6.07, 6.45) is 2.29. The first kappa shape index (κ1) is 13.9. The summed E-state index contributed by atoms with van der Waals surface area (Å²) in [7, 11) is 0. The van der Waals surface area contributed by atoms with Gasteiger partial charge in [0.15, 0.2) is 6.61 Å². The van der Waals surface area contributed by atoms with Gasteiger partial charge < -0.3 is 9.47 Å². The number of hydrogen-bond acceptors (Lipinski definition) is 3. The molecule has 0 aromatic heterocycles. The topological polar surface area (TPSA) is 35.5 Å². The molecule has 5 heteroatoms. The lowest BCUT2D eigenvalue weighted by molar-refractivity contribution is -0.145. The minimum absolute atomic E-state index is 0.182. The number of ether oxygens (including phenoxy) is 2. The molecule has 1 aromatic rings. The summed E-state index contributed by atoms with van der Waals surface area (Å²) in [5.41, 5.74) is 0. The molecule has 3 nitrogen and oxygen atoms in total. The highest BCUT2D eigenvalue weighted by Crippen LogP contribution is 2.27. The van der Waals surface area contributed by atoms with E-state index in [0.717, 1.165) is 0 Å². The van der Waals surface area contributed by atoms with Gasteiger partial charge >= 0.3 is 5.97 Å². The molecule has 0 aliphatic rings. The molecule has 0 radical (unpaired) electrons. The SMILES string of the molecule is C=CCCOC(=O)COc1ccc(Cl)cc1Cl. The van der Waals surface area contributed by atoms with Crippen molar-refractivity contribution >= 4 is 29.2 Å². The standard InChI is InChI=1S/C12H12Cl2O3/c1-2-3-6-16-12(15)8-17-11-5-4-9(13)7-10(11)14/h2,4-5,7H,1,3,6,8H2. The zero-order valence-electron chi connectivity index (χ0n) is 9.12. The molecule has 0 atom stereocenters. The highest BCUT2D eigenvalue weighted by Gasteiger charge is 2.06. The van der Waals surface area contributed by atoms with Gasteiger partial charge in [-0.15, -0.1) is 6.58 Å². The Morgan fingerprint density at radius 2 is 2.18 bits per heavy atom. The van der Waals surface area contributed by atoms with Crippen LogP contribution in [0, 0.1) is 0 Å². The minimum Gasteiger partial charge on any atom is -0.480 e. The molecular weight excluding hydrogens is 263 g/mol. The van der Waals surface area contributed by atoms with E-state index >= 15 is 0 Å². The molecule has 17 heavy (non-hydrogen) atoms. The van der Waals surface area contributed by atoms with Crippen LogP contribution in [-0.2, 0) is 9.53 Å². The average molecular weight is 275 g/mol. The van der Waals surface area contributed by atoms with E-state index in [1.807, 2.05) is 0 Å². The number of halogens is 2. The molecule has 92 valence electrons.